The highest BCUT2D eigenvalue weighted by Crippen LogP contribution is 2.16. The van der Waals surface area contributed by atoms with Crippen LogP contribution in [0.5, 0.6) is 0 Å². The highest BCUT2D eigenvalue weighted by molar-refractivity contribution is 7.88. The van der Waals surface area contributed by atoms with Gasteiger partial charge in [-0.2, -0.15) is 0 Å². The van der Waals surface area contributed by atoms with Crippen molar-refractivity contribution < 1.29 is 17.5 Å². The van der Waals surface area contributed by atoms with Crippen LogP contribution in [0.25, 0.3) is 0 Å². The Bertz CT molecular complexity index is 704. The molecule has 0 heterocycles. The molecule has 4 nitrogen and oxygen atoms in total. The van der Waals surface area contributed by atoms with Crippen LogP contribution in [0, 0.1) is 5.82 Å². The van der Waals surface area contributed by atoms with Gasteiger partial charge in [0, 0.05) is 13.7 Å². The molecule has 22 heavy (non-hydrogen) atoms. The first kappa shape index (κ1) is 16.6. The quantitative estimate of drug-likeness (QED) is 0.852. The average Bonchev–Trinajstić information content (AvgIpc) is 2.48. The number of hydrogen-bond donors (Lipinski definition) is 1. The molecule has 0 aliphatic carbocycles. The zero-order chi connectivity index (χ0) is 16.0. The summed E-state index contributed by atoms with van der Waals surface area (Å²) in [6, 6.07) is 14.9. The molecule has 2 rings (SSSR count). The Morgan fingerprint density at radius 3 is 2.50 bits per heavy atom. The van der Waals surface area contributed by atoms with Crippen LogP contribution in [0.15, 0.2) is 54.6 Å². The van der Waals surface area contributed by atoms with Gasteiger partial charge in [-0.25, -0.2) is 17.5 Å². The summed E-state index contributed by atoms with van der Waals surface area (Å²) in [5.74, 6) is -0.720. The highest BCUT2D eigenvalue weighted by Gasteiger charge is 2.16. The summed E-state index contributed by atoms with van der Waals surface area (Å²) in [6.45, 7) is 0.123. The van der Waals surface area contributed by atoms with E-state index in [2.05, 4.69) is 4.72 Å². The van der Waals surface area contributed by atoms with E-state index >= 15 is 0 Å². The Hall–Kier alpha value is -1.76. The fraction of sp³-hybridized carbons (Fsp3) is 0.250. The zero-order valence-corrected chi connectivity index (χ0v) is 13.0. The molecule has 2 aromatic carbocycles. The topological polar surface area (TPSA) is 55.4 Å². The third-order valence-corrected chi connectivity index (χ3v) is 4.51. The van der Waals surface area contributed by atoms with Gasteiger partial charge in [0.1, 0.15) is 5.82 Å². The lowest BCUT2D eigenvalue weighted by atomic mass is 10.1. The molecule has 0 aromatic heterocycles. The lowest BCUT2D eigenvalue weighted by Crippen LogP contribution is -2.30. The van der Waals surface area contributed by atoms with E-state index in [0.717, 1.165) is 5.56 Å². The van der Waals surface area contributed by atoms with E-state index in [1.807, 2.05) is 30.3 Å². The van der Waals surface area contributed by atoms with Gasteiger partial charge in [-0.05, 0) is 23.3 Å². The van der Waals surface area contributed by atoms with Crippen LogP contribution in [0.1, 0.15) is 17.2 Å². The minimum Gasteiger partial charge on any atom is -0.375 e. The third kappa shape index (κ3) is 4.91. The van der Waals surface area contributed by atoms with Crippen LogP contribution in [0.3, 0.4) is 0 Å². The van der Waals surface area contributed by atoms with E-state index in [0.29, 0.717) is 5.56 Å². The minimum atomic E-state index is -3.56. The molecule has 6 heteroatoms. The van der Waals surface area contributed by atoms with E-state index < -0.39 is 15.8 Å². The third-order valence-electron chi connectivity index (χ3n) is 3.19. The van der Waals surface area contributed by atoms with E-state index in [-0.39, 0.29) is 18.4 Å². The number of methoxy groups -OCH3 is 1. The van der Waals surface area contributed by atoms with Crippen molar-refractivity contribution in [2.75, 3.05) is 13.7 Å². The first-order valence-electron chi connectivity index (χ1n) is 6.80. The monoisotopic (exact) mass is 323 g/mol. The molecule has 0 radical (unpaired) electrons. The summed E-state index contributed by atoms with van der Waals surface area (Å²) in [5, 5.41) is 0. The maximum atomic E-state index is 13.1. The molecule has 0 unspecified atom stereocenters. The molecule has 0 saturated carbocycles. The van der Waals surface area contributed by atoms with Gasteiger partial charge >= 0.3 is 0 Å². The molecule has 1 atom stereocenters. The normalized spacial score (nSPS) is 13.0. The van der Waals surface area contributed by atoms with Gasteiger partial charge in [-0.15, -0.1) is 0 Å². The molecule has 1 N–H and O–H groups in total. The van der Waals surface area contributed by atoms with Crippen LogP contribution in [-0.2, 0) is 20.5 Å². The molecule has 0 fully saturated rings. The van der Waals surface area contributed by atoms with Gasteiger partial charge in [0.05, 0.1) is 11.9 Å². The maximum absolute atomic E-state index is 13.1. The van der Waals surface area contributed by atoms with Crippen molar-refractivity contribution in [1.82, 2.24) is 4.72 Å². The molecule has 2 aromatic rings. The second-order valence-corrected chi connectivity index (χ2v) is 6.68. The molecular weight excluding hydrogens is 305 g/mol. The fourth-order valence-corrected chi connectivity index (χ4v) is 3.23. The smallest absolute Gasteiger partial charge is 0.215 e. The predicted octanol–water partition coefficient (Wildman–Crippen LogP) is 2.63. The lowest BCUT2D eigenvalue weighted by molar-refractivity contribution is 0.107. The van der Waals surface area contributed by atoms with E-state index in [1.165, 1.54) is 25.3 Å². The standard InChI is InChI=1S/C16H18FNO3S/c1-21-16(14-7-3-2-4-8-14)11-18-22(19,20)12-13-6-5-9-15(17)10-13/h2-10,16,18H,11-12H2,1H3/t16-/m1/s1. The maximum Gasteiger partial charge on any atom is 0.215 e. The predicted molar refractivity (Wildman–Crippen MR) is 83.2 cm³/mol. The number of hydrogen-bond acceptors (Lipinski definition) is 3. The number of benzene rings is 2. The average molecular weight is 323 g/mol. The summed E-state index contributed by atoms with van der Waals surface area (Å²) < 4.78 is 45.1. The number of nitrogens with one attached hydrogen (secondary N) is 1. The lowest BCUT2D eigenvalue weighted by Gasteiger charge is -2.16. The molecule has 118 valence electrons. The SMILES string of the molecule is CO[C@H](CNS(=O)(=O)Cc1cccc(F)c1)c1ccccc1. The van der Waals surface area contributed by atoms with Gasteiger partial charge in [-0.1, -0.05) is 42.5 Å². The first-order chi connectivity index (χ1) is 10.5. The van der Waals surface area contributed by atoms with Crippen molar-refractivity contribution in [1.29, 1.82) is 0 Å². The van der Waals surface area contributed by atoms with Crippen molar-refractivity contribution in [3.05, 3.63) is 71.5 Å². The van der Waals surface area contributed by atoms with Gasteiger partial charge < -0.3 is 4.74 Å². The largest absolute Gasteiger partial charge is 0.375 e. The zero-order valence-electron chi connectivity index (χ0n) is 12.2. The molecule has 0 saturated heterocycles. The molecular formula is C16H18FNO3S. The Labute approximate surface area is 130 Å². The Kier molecular flexibility index (Phi) is 5.65. The summed E-state index contributed by atoms with van der Waals surface area (Å²) in [6.07, 6.45) is -0.372. The highest BCUT2D eigenvalue weighted by atomic mass is 32.2. The van der Waals surface area contributed by atoms with Crippen molar-refractivity contribution in [2.24, 2.45) is 0 Å². The number of ether oxygens (including phenoxy) is 1. The summed E-state index contributed by atoms with van der Waals surface area (Å²) >= 11 is 0. The Morgan fingerprint density at radius 2 is 1.86 bits per heavy atom. The van der Waals surface area contributed by atoms with Gasteiger partial charge in [0.15, 0.2) is 0 Å². The van der Waals surface area contributed by atoms with Crippen molar-refractivity contribution in [3.8, 4) is 0 Å². The Balaban J connectivity index is 2.00. The van der Waals surface area contributed by atoms with Crippen molar-refractivity contribution in [2.45, 2.75) is 11.9 Å². The number of sulfonamides is 1. The van der Waals surface area contributed by atoms with E-state index in [1.54, 1.807) is 6.07 Å². The fourth-order valence-electron chi connectivity index (χ4n) is 2.10. The van der Waals surface area contributed by atoms with Gasteiger partial charge in [0.25, 0.3) is 0 Å². The summed E-state index contributed by atoms with van der Waals surface area (Å²) in [4.78, 5) is 0. The van der Waals surface area contributed by atoms with Crippen LogP contribution < -0.4 is 4.72 Å². The number of halogens is 1. The summed E-state index contributed by atoms with van der Waals surface area (Å²) in [5.41, 5.74) is 1.29. The molecule has 0 aliphatic heterocycles. The van der Waals surface area contributed by atoms with Gasteiger partial charge in [-0.3, -0.25) is 0 Å². The summed E-state index contributed by atoms with van der Waals surface area (Å²) in [7, 11) is -2.03. The molecule has 0 bridgehead atoms. The van der Waals surface area contributed by atoms with Crippen LogP contribution in [0.4, 0.5) is 4.39 Å². The van der Waals surface area contributed by atoms with Crippen LogP contribution >= 0.6 is 0 Å². The molecule has 0 amide bonds. The van der Waals surface area contributed by atoms with E-state index in [4.69, 9.17) is 4.74 Å². The molecule has 0 aliphatic rings. The Morgan fingerprint density at radius 1 is 1.14 bits per heavy atom. The van der Waals surface area contributed by atoms with Crippen molar-refractivity contribution in [3.63, 3.8) is 0 Å². The van der Waals surface area contributed by atoms with E-state index in [9.17, 15) is 12.8 Å². The minimum absolute atomic E-state index is 0.123. The molecule has 0 spiro atoms. The van der Waals surface area contributed by atoms with Crippen LogP contribution in [-0.4, -0.2) is 22.1 Å². The number of rotatable bonds is 7. The second-order valence-electron chi connectivity index (χ2n) is 4.87. The first-order valence-corrected chi connectivity index (χ1v) is 8.45. The van der Waals surface area contributed by atoms with Gasteiger partial charge in [0.2, 0.25) is 10.0 Å². The van der Waals surface area contributed by atoms with Crippen LogP contribution in [0.2, 0.25) is 0 Å². The second kappa shape index (κ2) is 7.49. The van der Waals surface area contributed by atoms with Crippen molar-refractivity contribution >= 4 is 10.0 Å².